The Kier molecular flexibility index (Phi) is 44.4. The van der Waals surface area contributed by atoms with E-state index < -0.39 is 6.10 Å². The summed E-state index contributed by atoms with van der Waals surface area (Å²) in [5.74, 6) is -1.10. The molecule has 0 fully saturated rings. The van der Waals surface area contributed by atoms with E-state index in [1.807, 2.05) is 115 Å². The third-order valence-electron chi connectivity index (χ3n) is 8.74. The first kappa shape index (κ1) is 56.8. The molecule has 1 atom stereocenters. The summed E-state index contributed by atoms with van der Waals surface area (Å²) in [5, 5.41) is 0. The lowest BCUT2D eigenvalue weighted by atomic mass is 10.1. The average Bonchev–Trinajstić information content (AvgIpc) is 3.27. The van der Waals surface area contributed by atoms with E-state index in [0.29, 0.717) is 19.3 Å². The van der Waals surface area contributed by atoms with Gasteiger partial charge in [0.25, 0.3) is 0 Å². The SMILES string of the molecule is CC/C=C/C=C/C=C/C=C/C=C/C=C/CCCCCC(=O)OCC(COC(=O)CCC/C=C/C=C/C=C/C=C/C=C/CC)OC(=O)CCCCCC/C=C/C/C=C/C/C=C/CC. The number of ether oxygens (including phenoxy) is 3. The molecule has 1 unspecified atom stereocenters. The topological polar surface area (TPSA) is 78.9 Å². The van der Waals surface area contributed by atoms with Crippen molar-refractivity contribution < 1.29 is 28.6 Å². The number of unbranched alkanes of at least 4 members (excludes halogenated alkanes) is 8. The maximum atomic E-state index is 12.7. The molecule has 62 heavy (non-hydrogen) atoms. The summed E-state index contributed by atoms with van der Waals surface area (Å²) in [5.41, 5.74) is 0. The molecule has 0 amide bonds. The number of hydrogen-bond acceptors (Lipinski definition) is 6. The summed E-state index contributed by atoms with van der Waals surface area (Å²) < 4.78 is 16.6. The molecule has 6 heteroatoms. The van der Waals surface area contributed by atoms with Crippen LogP contribution in [0.25, 0.3) is 0 Å². The van der Waals surface area contributed by atoms with Crippen LogP contribution in [-0.4, -0.2) is 37.2 Å². The summed E-state index contributed by atoms with van der Waals surface area (Å²) in [6.45, 7) is 6.06. The molecule has 0 saturated carbocycles. The van der Waals surface area contributed by atoms with Crippen LogP contribution in [0.5, 0.6) is 0 Å². The number of carbonyl (C=O) groups excluding carboxylic acids is 3. The third kappa shape index (κ3) is 45.8. The van der Waals surface area contributed by atoms with Gasteiger partial charge in [0, 0.05) is 19.3 Å². The van der Waals surface area contributed by atoms with E-state index >= 15 is 0 Å². The second-order valence-electron chi connectivity index (χ2n) is 14.4. The van der Waals surface area contributed by atoms with Crippen LogP contribution in [-0.2, 0) is 28.6 Å². The van der Waals surface area contributed by atoms with Gasteiger partial charge in [-0.25, -0.2) is 0 Å². The highest BCUT2D eigenvalue weighted by atomic mass is 16.6. The molecule has 0 radical (unpaired) electrons. The zero-order chi connectivity index (χ0) is 45.1. The van der Waals surface area contributed by atoms with E-state index in [0.717, 1.165) is 83.5 Å². The van der Waals surface area contributed by atoms with Crippen molar-refractivity contribution in [1.82, 2.24) is 0 Å². The minimum absolute atomic E-state index is 0.143. The molecule has 0 rings (SSSR count). The number of rotatable bonds is 38. The van der Waals surface area contributed by atoms with Crippen molar-refractivity contribution in [3.8, 4) is 0 Å². The zero-order valence-corrected chi connectivity index (χ0v) is 38.5. The molecular formula is C56H80O6. The Hall–Kier alpha value is -5.23. The van der Waals surface area contributed by atoms with Crippen molar-refractivity contribution in [3.05, 3.63) is 170 Å². The Morgan fingerprint density at radius 1 is 0.339 bits per heavy atom. The standard InChI is InChI=1S/C56H80O6/c1-4-7-10-13-16-19-22-25-27-28-29-32-34-37-40-43-46-49-55(58)61-52-53(51-60-54(57)48-45-42-39-36-33-30-24-21-18-15-12-9-6-3)62-56(59)50-47-44-41-38-35-31-26-23-20-17-14-11-8-5-2/h7-13,15-22,24-34,36,39,53H,4-6,14,23,35,37-38,40-52H2,1-3H3/b10-7+,11-8+,12-9+,16-13+,18-15+,20-17+,22-19+,24-21+,27-25+,29-28+,31-26+,33-30+,34-32+,39-36+. The lowest BCUT2D eigenvalue weighted by Gasteiger charge is -2.18. The minimum Gasteiger partial charge on any atom is -0.462 e. The summed E-state index contributed by atoms with van der Waals surface area (Å²) in [6.07, 6.45) is 71.9. The Morgan fingerprint density at radius 3 is 1.16 bits per heavy atom. The molecule has 0 aromatic heterocycles. The van der Waals surface area contributed by atoms with Gasteiger partial charge in [0.15, 0.2) is 6.10 Å². The quantitative estimate of drug-likeness (QED) is 0.0202. The number of carbonyl (C=O) groups is 3. The van der Waals surface area contributed by atoms with Crippen LogP contribution in [0.4, 0.5) is 0 Å². The number of hydrogen-bond donors (Lipinski definition) is 0. The van der Waals surface area contributed by atoms with Crippen LogP contribution in [0.3, 0.4) is 0 Å². The molecular weight excluding hydrogens is 769 g/mol. The van der Waals surface area contributed by atoms with Gasteiger partial charge in [-0.2, -0.15) is 0 Å². The molecule has 0 N–H and O–H groups in total. The van der Waals surface area contributed by atoms with Gasteiger partial charge in [-0.15, -0.1) is 0 Å². The van der Waals surface area contributed by atoms with Crippen molar-refractivity contribution in [1.29, 1.82) is 0 Å². The van der Waals surface area contributed by atoms with E-state index in [9.17, 15) is 14.4 Å². The van der Waals surface area contributed by atoms with E-state index in [1.54, 1.807) is 0 Å². The predicted octanol–water partition coefficient (Wildman–Crippen LogP) is 15.2. The van der Waals surface area contributed by atoms with Gasteiger partial charge >= 0.3 is 17.9 Å². The van der Waals surface area contributed by atoms with Crippen molar-refractivity contribution >= 4 is 17.9 Å². The lowest BCUT2D eigenvalue weighted by molar-refractivity contribution is -0.167. The number of allylic oxidation sites excluding steroid dienone is 28. The Balaban J connectivity index is 4.67. The Morgan fingerprint density at radius 2 is 0.677 bits per heavy atom. The summed E-state index contributed by atoms with van der Waals surface area (Å²) in [6, 6.07) is 0. The molecule has 0 spiro atoms. The molecule has 0 aliphatic rings. The van der Waals surface area contributed by atoms with Crippen LogP contribution in [0.1, 0.15) is 143 Å². The maximum absolute atomic E-state index is 12.7. The van der Waals surface area contributed by atoms with Gasteiger partial charge in [0.2, 0.25) is 0 Å². The molecule has 340 valence electrons. The highest BCUT2D eigenvalue weighted by molar-refractivity contribution is 5.71. The van der Waals surface area contributed by atoms with E-state index in [2.05, 4.69) is 75.5 Å². The molecule has 0 bridgehead atoms. The lowest BCUT2D eigenvalue weighted by Crippen LogP contribution is -2.30. The highest BCUT2D eigenvalue weighted by Crippen LogP contribution is 2.11. The molecule has 0 saturated heterocycles. The summed E-state index contributed by atoms with van der Waals surface area (Å²) in [7, 11) is 0. The minimum atomic E-state index is -0.846. The van der Waals surface area contributed by atoms with Crippen LogP contribution in [0.15, 0.2) is 170 Å². The van der Waals surface area contributed by atoms with Gasteiger partial charge in [0.05, 0.1) is 0 Å². The largest absolute Gasteiger partial charge is 0.462 e. The third-order valence-corrected chi connectivity index (χ3v) is 8.74. The first-order valence-corrected chi connectivity index (χ1v) is 23.3. The van der Waals surface area contributed by atoms with Gasteiger partial charge in [-0.3, -0.25) is 14.4 Å². The van der Waals surface area contributed by atoms with Crippen LogP contribution in [0, 0.1) is 0 Å². The number of esters is 3. The van der Waals surface area contributed by atoms with Crippen molar-refractivity contribution in [2.24, 2.45) is 0 Å². The first-order chi connectivity index (χ1) is 30.5. The van der Waals surface area contributed by atoms with E-state index in [4.69, 9.17) is 14.2 Å². The van der Waals surface area contributed by atoms with E-state index in [-0.39, 0.29) is 50.4 Å². The maximum Gasteiger partial charge on any atom is 0.306 e. The average molecular weight is 849 g/mol. The second kappa shape index (κ2) is 48.4. The normalized spacial score (nSPS) is 13.7. The fraction of sp³-hybridized carbons (Fsp3) is 0.446. The fourth-order valence-electron chi connectivity index (χ4n) is 5.34. The molecule has 0 aromatic carbocycles. The Bertz CT molecular complexity index is 1530. The summed E-state index contributed by atoms with van der Waals surface area (Å²) in [4.78, 5) is 37.8. The van der Waals surface area contributed by atoms with E-state index in [1.165, 1.54) is 0 Å². The van der Waals surface area contributed by atoms with Crippen molar-refractivity contribution in [2.45, 2.75) is 149 Å². The molecule has 0 aliphatic carbocycles. The fourth-order valence-corrected chi connectivity index (χ4v) is 5.34. The van der Waals surface area contributed by atoms with Crippen molar-refractivity contribution in [2.75, 3.05) is 13.2 Å². The predicted molar refractivity (Wildman–Crippen MR) is 265 cm³/mol. The zero-order valence-electron chi connectivity index (χ0n) is 38.5. The van der Waals surface area contributed by atoms with Crippen LogP contribution < -0.4 is 0 Å². The van der Waals surface area contributed by atoms with Crippen molar-refractivity contribution in [3.63, 3.8) is 0 Å². The van der Waals surface area contributed by atoms with Gasteiger partial charge in [-0.1, -0.05) is 210 Å². The van der Waals surface area contributed by atoms with Crippen LogP contribution in [0.2, 0.25) is 0 Å². The molecule has 6 nitrogen and oxygen atoms in total. The van der Waals surface area contributed by atoms with Crippen LogP contribution >= 0.6 is 0 Å². The van der Waals surface area contributed by atoms with Gasteiger partial charge in [0.1, 0.15) is 13.2 Å². The van der Waals surface area contributed by atoms with Gasteiger partial charge in [-0.05, 0) is 83.5 Å². The highest BCUT2D eigenvalue weighted by Gasteiger charge is 2.19. The monoisotopic (exact) mass is 849 g/mol. The second-order valence-corrected chi connectivity index (χ2v) is 14.4. The summed E-state index contributed by atoms with van der Waals surface area (Å²) >= 11 is 0. The van der Waals surface area contributed by atoms with Gasteiger partial charge < -0.3 is 14.2 Å². The first-order valence-electron chi connectivity index (χ1n) is 23.3. The molecule has 0 aromatic rings. The molecule has 0 heterocycles. The smallest absolute Gasteiger partial charge is 0.306 e. The molecule has 0 aliphatic heterocycles. The Labute approximate surface area is 377 Å².